The molecule has 1 aliphatic rings. The van der Waals surface area contributed by atoms with Gasteiger partial charge in [0.25, 0.3) is 0 Å². The summed E-state index contributed by atoms with van der Waals surface area (Å²) in [6.45, 7) is 2.51. The maximum Gasteiger partial charge on any atom is 0.310 e. The van der Waals surface area contributed by atoms with Gasteiger partial charge in [0.2, 0.25) is 5.91 Å². The molecule has 116 valence electrons. The highest BCUT2D eigenvalue weighted by atomic mass is 32.1. The van der Waals surface area contributed by atoms with E-state index in [1.54, 1.807) is 11.3 Å². The van der Waals surface area contributed by atoms with E-state index in [4.69, 9.17) is 0 Å². The van der Waals surface area contributed by atoms with Crippen molar-refractivity contribution < 1.29 is 14.7 Å². The second-order valence-corrected chi connectivity index (χ2v) is 6.78. The molecule has 2 N–H and O–H groups in total. The van der Waals surface area contributed by atoms with Crippen LogP contribution in [-0.4, -0.2) is 17.0 Å². The van der Waals surface area contributed by atoms with Crippen LogP contribution in [0.1, 0.15) is 56.1 Å². The van der Waals surface area contributed by atoms with Crippen LogP contribution in [0, 0.1) is 12.3 Å². The Morgan fingerprint density at radius 3 is 2.43 bits per heavy atom. The molecule has 0 unspecified atom stereocenters. The SMILES string of the molecule is Cc1cscc1CNC(=O)CC1(C(=O)O)CCCCCC1. The molecule has 5 heteroatoms. The standard InChI is InChI=1S/C16H23NO3S/c1-12-10-21-11-13(12)9-17-14(18)8-16(15(19)20)6-4-2-3-5-7-16/h10-11H,2-9H2,1H3,(H,17,18)(H,19,20). The van der Waals surface area contributed by atoms with Crippen LogP contribution in [0.5, 0.6) is 0 Å². The Kier molecular flexibility index (Phi) is 5.39. The minimum Gasteiger partial charge on any atom is -0.481 e. The smallest absolute Gasteiger partial charge is 0.310 e. The summed E-state index contributed by atoms with van der Waals surface area (Å²) >= 11 is 1.62. The molecule has 1 heterocycles. The van der Waals surface area contributed by atoms with Crippen LogP contribution in [0.4, 0.5) is 0 Å². The van der Waals surface area contributed by atoms with Crippen molar-refractivity contribution in [2.24, 2.45) is 5.41 Å². The fourth-order valence-corrected chi connectivity index (χ4v) is 3.86. The van der Waals surface area contributed by atoms with Crippen LogP contribution in [0.25, 0.3) is 0 Å². The Morgan fingerprint density at radius 2 is 1.90 bits per heavy atom. The Morgan fingerprint density at radius 1 is 1.24 bits per heavy atom. The first-order chi connectivity index (χ1) is 10.0. The van der Waals surface area contributed by atoms with Crippen molar-refractivity contribution in [1.29, 1.82) is 0 Å². The number of aryl methyl sites for hydroxylation is 1. The lowest BCUT2D eigenvalue weighted by Crippen LogP contribution is -2.37. The Bertz CT molecular complexity index is 501. The zero-order chi connectivity index (χ0) is 15.3. The largest absolute Gasteiger partial charge is 0.481 e. The van der Waals surface area contributed by atoms with Crippen molar-refractivity contribution in [2.75, 3.05) is 0 Å². The molecule has 1 saturated carbocycles. The van der Waals surface area contributed by atoms with Gasteiger partial charge in [-0.2, -0.15) is 11.3 Å². The number of hydrogen-bond acceptors (Lipinski definition) is 3. The number of hydrogen-bond donors (Lipinski definition) is 2. The molecule has 1 aliphatic carbocycles. The van der Waals surface area contributed by atoms with Crippen molar-refractivity contribution in [3.63, 3.8) is 0 Å². The number of rotatable bonds is 5. The molecule has 1 aromatic rings. The number of carbonyl (C=O) groups is 2. The summed E-state index contributed by atoms with van der Waals surface area (Å²) in [5, 5.41) is 16.5. The number of thiophene rings is 1. The summed E-state index contributed by atoms with van der Waals surface area (Å²) in [5.74, 6) is -0.962. The average Bonchev–Trinajstić information content (AvgIpc) is 2.70. The van der Waals surface area contributed by atoms with Gasteiger partial charge in [-0.15, -0.1) is 0 Å². The maximum atomic E-state index is 12.2. The van der Waals surface area contributed by atoms with Gasteiger partial charge >= 0.3 is 5.97 Å². The quantitative estimate of drug-likeness (QED) is 0.818. The first-order valence-electron chi connectivity index (χ1n) is 7.55. The molecule has 21 heavy (non-hydrogen) atoms. The predicted octanol–water partition coefficient (Wildman–Crippen LogP) is 3.49. The summed E-state index contributed by atoms with van der Waals surface area (Å²) in [5.41, 5.74) is 1.42. The Hall–Kier alpha value is -1.36. The third kappa shape index (κ3) is 4.06. The van der Waals surface area contributed by atoms with Crippen molar-refractivity contribution >= 4 is 23.2 Å². The number of carboxylic acid groups (broad SMARTS) is 1. The summed E-state index contributed by atoms with van der Waals surface area (Å²) in [6.07, 6.45) is 5.30. The molecular weight excluding hydrogens is 286 g/mol. The molecule has 2 rings (SSSR count). The number of carbonyl (C=O) groups excluding carboxylic acids is 1. The Labute approximate surface area is 129 Å². The maximum absolute atomic E-state index is 12.2. The highest BCUT2D eigenvalue weighted by molar-refractivity contribution is 7.08. The van der Waals surface area contributed by atoms with Gasteiger partial charge in [0.05, 0.1) is 5.41 Å². The number of nitrogens with one attached hydrogen (secondary N) is 1. The molecule has 0 aromatic carbocycles. The topological polar surface area (TPSA) is 66.4 Å². The highest BCUT2D eigenvalue weighted by Crippen LogP contribution is 2.38. The monoisotopic (exact) mass is 309 g/mol. The second kappa shape index (κ2) is 7.07. The van der Waals surface area contributed by atoms with Crippen molar-refractivity contribution in [3.05, 3.63) is 21.9 Å². The third-order valence-corrected chi connectivity index (χ3v) is 5.36. The highest BCUT2D eigenvalue weighted by Gasteiger charge is 2.40. The molecule has 4 nitrogen and oxygen atoms in total. The van der Waals surface area contributed by atoms with Gasteiger partial charge in [0.1, 0.15) is 0 Å². The predicted molar refractivity (Wildman–Crippen MR) is 83.3 cm³/mol. The van der Waals surface area contributed by atoms with Crippen LogP contribution in [-0.2, 0) is 16.1 Å². The van der Waals surface area contributed by atoms with Crippen molar-refractivity contribution in [3.8, 4) is 0 Å². The molecule has 1 aromatic heterocycles. The molecule has 1 fully saturated rings. The summed E-state index contributed by atoms with van der Waals surface area (Å²) in [7, 11) is 0. The normalized spacial score (nSPS) is 18.0. The molecule has 0 radical (unpaired) electrons. The number of amides is 1. The Balaban J connectivity index is 1.95. The summed E-state index contributed by atoms with van der Waals surface area (Å²) in [6, 6.07) is 0. The fourth-order valence-electron chi connectivity index (χ4n) is 3.00. The summed E-state index contributed by atoms with van der Waals surface area (Å²) < 4.78 is 0. The van der Waals surface area contributed by atoms with Crippen molar-refractivity contribution in [1.82, 2.24) is 5.32 Å². The van der Waals surface area contributed by atoms with Crippen LogP contribution in [0.3, 0.4) is 0 Å². The van der Waals surface area contributed by atoms with Gasteiger partial charge in [0.15, 0.2) is 0 Å². The van der Waals surface area contributed by atoms with E-state index in [9.17, 15) is 14.7 Å². The lowest BCUT2D eigenvalue weighted by Gasteiger charge is -2.27. The van der Waals surface area contributed by atoms with Gasteiger partial charge < -0.3 is 10.4 Å². The van der Waals surface area contributed by atoms with Gasteiger partial charge in [-0.1, -0.05) is 25.7 Å². The van der Waals surface area contributed by atoms with E-state index in [0.717, 1.165) is 31.2 Å². The van der Waals surface area contributed by atoms with Crippen LogP contribution < -0.4 is 5.32 Å². The fraction of sp³-hybridized carbons (Fsp3) is 0.625. The lowest BCUT2D eigenvalue weighted by atomic mass is 9.77. The molecule has 0 saturated heterocycles. The average molecular weight is 309 g/mol. The third-order valence-electron chi connectivity index (χ3n) is 4.45. The van der Waals surface area contributed by atoms with Crippen LogP contribution >= 0.6 is 11.3 Å². The molecule has 0 spiro atoms. The van der Waals surface area contributed by atoms with Crippen LogP contribution in [0.15, 0.2) is 10.8 Å². The van der Waals surface area contributed by atoms with E-state index in [0.29, 0.717) is 19.4 Å². The minimum atomic E-state index is -0.857. The molecule has 0 aliphatic heterocycles. The molecule has 1 amide bonds. The van der Waals surface area contributed by atoms with Gasteiger partial charge in [-0.05, 0) is 41.7 Å². The summed E-state index contributed by atoms with van der Waals surface area (Å²) in [4.78, 5) is 23.8. The first kappa shape index (κ1) is 16.0. The van der Waals surface area contributed by atoms with E-state index >= 15 is 0 Å². The molecular formula is C16H23NO3S. The van der Waals surface area contributed by atoms with E-state index in [1.165, 1.54) is 5.56 Å². The first-order valence-corrected chi connectivity index (χ1v) is 8.49. The van der Waals surface area contributed by atoms with Crippen molar-refractivity contribution in [2.45, 2.75) is 58.4 Å². The molecule has 0 bridgehead atoms. The van der Waals surface area contributed by atoms with E-state index in [2.05, 4.69) is 5.32 Å². The zero-order valence-corrected chi connectivity index (χ0v) is 13.3. The zero-order valence-electron chi connectivity index (χ0n) is 12.5. The van der Waals surface area contributed by atoms with Gasteiger partial charge in [-0.25, -0.2) is 0 Å². The second-order valence-electron chi connectivity index (χ2n) is 6.03. The minimum absolute atomic E-state index is 0.103. The van der Waals surface area contributed by atoms with E-state index in [-0.39, 0.29) is 12.3 Å². The van der Waals surface area contributed by atoms with E-state index in [1.807, 2.05) is 17.7 Å². The lowest BCUT2D eigenvalue weighted by molar-refractivity contribution is -0.152. The van der Waals surface area contributed by atoms with E-state index < -0.39 is 11.4 Å². The molecule has 0 atom stereocenters. The number of carboxylic acids is 1. The van der Waals surface area contributed by atoms with Gasteiger partial charge in [0, 0.05) is 13.0 Å². The number of aliphatic carboxylic acids is 1. The van der Waals surface area contributed by atoms with Gasteiger partial charge in [-0.3, -0.25) is 9.59 Å². The van der Waals surface area contributed by atoms with Crippen LogP contribution in [0.2, 0.25) is 0 Å².